The minimum atomic E-state index is -1.15. The SMILES string of the molecule is Nc1cc(C(=O)NCCn2cc(C(=O)O)nn2)ccc1Cl. The van der Waals surface area contributed by atoms with E-state index in [0.29, 0.717) is 22.8 Å². The smallest absolute Gasteiger partial charge is 0.358 e. The number of carboxylic acid groups (broad SMARTS) is 1. The second-order valence-corrected chi connectivity index (χ2v) is 4.57. The summed E-state index contributed by atoms with van der Waals surface area (Å²) in [5.74, 6) is -1.46. The number of aromatic nitrogens is 3. The van der Waals surface area contributed by atoms with Gasteiger partial charge in [0, 0.05) is 12.1 Å². The minimum Gasteiger partial charge on any atom is -0.476 e. The van der Waals surface area contributed by atoms with E-state index in [0.717, 1.165) is 0 Å². The van der Waals surface area contributed by atoms with Crippen LogP contribution in [0.2, 0.25) is 5.02 Å². The van der Waals surface area contributed by atoms with E-state index < -0.39 is 5.97 Å². The maximum Gasteiger partial charge on any atom is 0.358 e. The van der Waals surface area contributed by atoms with Gasteiger partial charge in [-0.15, -0.1) is 5.10 Å². The molecule has 8 nitrogen and oxygen atoms in total. The predicted molar refractivity (Wildman–Crippen MR) is 75.2 cm³/mol. The first-order valence-electron chi connectivity index (χ1n) is 5.94. The van der Waals surface area contributed by atoms with E-state index in [1.54, 1.807) is 12.1 Å². The highest BCUT2D eigenvalue weighted by Gasteiger charge is 2.09. The fraction of sp³-hybridized carbons (Fsp3) is 0.167. The van der Waals surface area contributed by atoms with Gasteiger partial charge in [-0.05, 0) is 18.2 Å². The summed E-state index contributed by atoms with van der Waals surface area (Å²) in [7, 11) is 0. The zero-order valence-corrected chi connectivity index (χ0v) is 11.5. The molecule has 21 heavy (non-hydrogen) atoms. The van der Waals surface area contributed by atoms with Crippen LogP contribution in [0.5, 0.6) is 0 Å². The number of hydrogen-bond acceptors (Lipinski definition) is 5. The lowest BCUT2D eigenvalue weighted by molar-refractivity contribution is 0.0690. The monoisotopic (exact) mass is 309 g/mol. The first kappa shape index (κ1) is 14.8. The minimum absolute atomic E-state index is 0.146. The van der Waals surface area contributed by atoms with Gasteiger partial charge in [-0.3, -0.25) is 4.79 Å². The number of nitrogens with one attached hydrogen (secondary N) is 1. The van der Waals surface area contributed by atoms with Crippen molar-refractivity contribution in [3.05, 3.63) is 40.7 Å². The lowest BCUT2D eigenvalue weighted by atomic mass is 10.2. The number of nitrogens with two attached hydrogens (primary N) is 1. The molecule has 1 amide bonds. The average molecular weight is 310 g/mol. The van der Waals surface area contributed by atoms with Crippen molar-refractivity contribution in [2.45, 2.75) is 6.54 Å². The molecule has 1 heterocycles. The maximum atomic E-state index is 11.9. The number of carbonyl (C=O) groups is 2. The number of carboxylic acids is 1. The molecule has 4 N–H and O–H groups in total. The fourth-order valence-corrected chi connectivity index (χ4v) is 1.69. The first-order chi connectivity index (χ1) is 9.97. The highest BCUT2D eigenvalue weighted by Crippen LogP contribution is 2.19. The maximum absolute atomic E-state index is 11.9. The molecule has 0 bridgehead atoms. The number of rotatable bonds is 5. The number of anilines is 1. The topological polar surface area (TPSA) is 123 Å². The zero-order valence-electron chi connectivity index (χ0n) is 10.8. The van der Waals surface area contributed by atoms with Crippen molar-refractivity contribution in [1.29, 1.82) is 0 Å². The van der Waals surface area contributed by atoms with E-state index in [-0.39, 0.29) is 18.1 Å². The Morgan fingerprint density at radius 3 is 2.81 bits per heavy atom. The standard InChI is InChI=1S/C12H12ClN5O3/c13-8-2-1-7(5-9(8)14)11(19)15-3-4-18-6-10(12(20)21)16-17-18/h1-2,5-6H,3-4,14H2,(H,15,19)(H,20,21). The van der Waals surface area contributed by atoms with Crippen LogP contribution in [-0.4, -0.2) is 38.5 Å². The summed E-state index contributed by atoms with van der Waals surface area (Å²) in [4.78, 5) is 22.5. The molecule has 0 spiro atoms. The van der Waals surface area contributed by atoms with Gasteiger partial charge in [-0.2, -0.15) is 0 Å². The molecule has 110 valence electrons. The van der Waals surface area contributed by atoms with E-state index >= 15 is 0 Å². The average Bonchev–Trinajstić information content (AvgIpc) is 2.91. The Labute approximate surface area is 124 Å². The molecule has 2 rings (SSSR count). The Hall–Kier alpha value is -2.61. The van der Waals surface area contributed by atoms with Gasteiger partial charge in [-0.25, -0.2) is 9.48 Å². The van der Waals surface area contributed by atoms with Gasteiger partial charge in [0.1, 0.15) is 0 Å². The highest BCUT2D eigenvalue weighted by atomic mass is 35.5. The highest BCUT2D eigenvalue weighted by molar-refractivity contribution is 6.33. The molecule has 0 atom stereocenters. The number of hydrogen-bond donors (Lipinski definition) is 3. The number of carbonyl (C=O) groups excluding carboxylic acids is 1. The Kier molecular flexibility index (Phi) is 4.39. The molecule has 0 fully saturated rings. The fourth-order valence-electron chi connectivity index (χ4n) is 1.58. The van der Waals surface area contributed by atoms with Gasteiger partial charge in [0.2, 0.25) is 0 Å². The van der Waals surface area contributed by atoms with Crippen LogP contribution in [0.3, 0.4) is 0 Å². The third-order valence-corrected chi connectivity index (χ3v) is 2.99. The van der Waals surface area contributed by atoms with Gasteiger partial charge in [-0.1, -0.05) is 16.8 Å². The van der Waals surface area contributed by atoms with Crippen LogP contribution < -0.4 is 11.1 Å². The summed E-state index contributed by atoms with van der Waals surface area (Å²) in [6.45, 7) is 0.568. The second kappa shape index (κ2) is 6.23. The molecule has 0 aliphatic rings. The molecule has 0 saturated carbocycles. The molecule has 0 aliphatic heterocycles. The van der Waals surface area contributed by atoms with Crippen molar-refractivity contribution in [3.63, 3.8) is 0 Å². The van der Waals surface area contributed by atoms with E-state index in [9.17, 15) is 9.59 Å². The second-order valence-electron chi connectivity index (χ2n) is 4.16. The van der Waals surface area contributed by atoms with Crippen molar-refractivity contribution in [1.82, 2.24) is 20.3 Å². The Bertz CT molecular complexity index is 685. The van der Waals surface area contributed by atoms with Crippen LogP contribution in [0.15, 0.2) is 24.4 Å². The lowest BCUT2D eigenvalue weighted by Crippen LogP contribution is -2.27. The number of halogens is 1. The number of amides is 1. The first-order valence-corrected chi connectivity index (χ1v) is 6.32. The molecule has 0 unspecified atom stereocenters. The van der Waals surface area contributed by atoms with Crippen molar-refractivity contribution < 1.29 is 14.7 Å². The molecule has 9 heteroatoms. The predicted octanol–water partition coefficient (Wildman–Crippen LogP) is 0.642. The third-order valence-electron chi connectivity index (χ3n) is 2.64. The van der Waals surface area contributed by atoms with Crippen LogP contribution in [0, 0.1) is 0 Å². The van der Waals surface area contributed by atoms with Gasteiger partial charge < -0.3 is 16.2 Å². The van der Waals surface area contributed by atoms with E-state index in [1.165, 1.54) is 16.9 Å². The summed E-state index contributed by atoms with van der Waals surface area (Å²) in [5.41, 5.74) is 6.19. The van der Waals surface area contributed by atoms with Crippen LogP contribution in [0.4, 0.5) is 5.69 Å². The van der Waals surface area contributed by atoms with Crippen LogP contribution in [-0.2, 0) is 6.54 Å². The van der Waals surface area contributed by atoms with Crippen molar-refractivity contribution >= 4 is 29.2 Å². The van der Waals surface area contributed by atoms with Crippen LogP contribution in [0.1, 0.15) is 20.8 Å². The molecular formula is C12H12ClN5O3. The summed E-state index contributed by atoms with van der Waals surface area (Å²) in [6.07, 6.45) is 1.29. The molecule has 0 radical (unpaired) electrons. The lowest BCUT2D eigenvalue weighted by Gasteiger charge is -2.06. The van der Waals surface area contributed by atoms with Gasteiger partial charge in [0.05, 0.1) is 23.5 Å². The normalized spacial score (nSPS) is 10.3. The molecule has 2 aromatic rings. The van der Waals surface area contributed by atoms with Gasteiger partial charge >= 0.3 is 5.97 Å². The molecule has 1 aromatic carbocycles. The van der Waals surface area contributed by atoms with E-state index in [2.05, 4.69) is 15.6 Å². The van der Waals surface area contributed by atoms with Gasteiger partial charge in [0.25, 0.3) is 5.91 Å². The largest absolute Gasteiger partial charge is 0.476 e. The summed E-state index contributed by atoms with van der Waals surface area (Å²) in [6, 6.07) is 4.59. The van der Waals surface area contributed by atoms with Crippen LogP contribution in [0.25, 0.3) is 0 Å². The van der Waals surface area contributed by atoms with Crippen molar-refractivity contribution in [2.24, 2.45) is 0 Å². The van der Waals surface area contributed by atoms with Crippen molar-refractivity contribution in [2.75, 3.05) is 12.3 Å². The summed E-state index contributed by atoms with van der Waals surface area (Å²) in [5, 5.41) is 18.8. The number of aromatic carboxylic acids is 1. The summed E-state index contributed by atoms with van der Waals surface area (Å²) >= 11 is 5.77. The molecular weight excluding hydrogens is 298 g/mol. The van der Waals surface area contributed by atoms with E-state index in [4.69, 9.17) is 22.4 Å². The van der Waals surface area contributed by atoms with Gasteiger partial charge in [0.15, 0.2) is 5.69 Å². The molecule has 0 aliphatic carbocycles. The third kappa shape index (κ3) is 3.69. The Balaban J connectivity index is 1.88. The number of nitrogens with zero attached hydrogens (tertiary/aromatic N) is 3. The van der Waals surface area contributed by atoms with Crippen LogP contribution >= 0.6 is 11.6 Å². The Morgan fingerprint density at radius 2 is 2.19 bits per heavy atom. The van der Waals surface area contributed by atoms with E-state index in [1.807, 2.05) is 0 Å². The zero-order chi connectivity index (χ0) is 15.4. The number of benzene rings is 1. The molecule has 0 saturated heterocycles. The molecule has 1 aromatic heterocycles. The Morgan fingerprint density at radius 1 is 1.43 bits per heavy atom. The van der Waals surface area contributed by atoms with Crippen molar-refractivity contribution in [3.8, 4) is 0 Å². The quantitative estimate of drug-likeness (QED) is 0.696. The summed E-state index contributed by atoms with van der Waals surface area (Å²) < 4.78 is 1.33. The number of nitrogen functional groups attached to an aromatic ring is 1.